The molecule has 2 aromatic carbocycles. The molecule has 1 aliphatic rings. The molecule has 0 atom stereocenters. The fourth-order valence-corrected chi connectivity index (χ4v) is 6.00. The molecule has 36 heavy (non-hydrogen) atoms. The molecule has 1 aliphatic carbocycles. The summed E-state index contributed by atoms with van der Waals surface area (Å²) >= 11 is 7.31. The first-order chi connectivity index (χ1) is 17.4. The minimum absolute atomic E-state index is 0.0212. The second-order valence-corrected chi connectivity index (χ2v) is 10.7. The number of fused-ring (bicyclic) bond motifs is 1. The van der Waals surface area contributed by atoms with Crippen molar-refractivity contribution in [3.63, 3.8) is 0 Å². The number of thiazole rings is 1. The molecule has 186 valence electrons. The van der Waals surface area contributed by atoms with Gasteiger partial charge in [-0.1, -0.05) is 53.3 Å². The maximum absolute atomic E-state index is 13.3. The van der Waals surface area contributed by atoms with Gasteiger partial charge in [0.1, 0.15) is 11.5 Å². The third kappa shape index (κ3) is 5.44. The van der Waals surface area contributed by atoms with Crippen LogP contribution in [-0.2, 0) is 11.3 Å². The van der Waals surface area contributed by atoms with Crippen molar-refractivity contribution in [3.8, 4) is 10.4 Å². The van der Waals surface area contributed by atoms with Crippen LogP contribution in [0.3, 0.4) is 0 Å². The molecule has 0 aliphatic heterocycles. The zero-order valence-corrected chi connectivity index (χ0v) is 21.0. The van der Waals surface area contributed by atoms with Crippen molar-refractivity contribution in [2.45, 2.75) is 44.6 Å². The molecular formula is C27H25ClFN3O3S. The van der Waals surface area contributed by atoms with Crippen LogP contribution in [0, 0.1) is 11.7 Å². The van der Waals surface area contributed by atoms with Gasteiger partial charge in [-0.3, -0.25) is 14.0 Å². The Hall–Kier alpha value is -3.23. The summed E-state index contributed by atoms with van der Waals surface area (Å²) in [6, 6.07) is 12.9. The van der Waals surface area contributed by atoms with E-state index in [0.29, 0.717) is 23.1 Å². The van der Waals surface area contributed by atoms with Gasteiger partial charge in [-0.25, -0.2) is 9.37 Å². The van der Waals surface area contributed by atoms with Gasteiger partial charge in [0.15, 0.2) is 4.96 Å². The highest BCUT2D eigenvalue weighted by atomic mass is 35.5. The summed E-state index contributed by atoms with van der Waals surface area (Å²) in [5.41, 5.74) is 3.41. The molecule has 0 radical (unpaired) electrons. The van der Waals surface area contributed by atoms with Crippen LogP contribution in [0.1, 0.15) is 59.6 Å². The van der Waals surface area contributed by atoms with Gasteiger partial charge in [0.2, 0.25) is 0 Å². The second kappa shape index (κ2) is 10.4. The first kappa shape index (κ1) is 24.5. The van der Waals surface area contributed by atoms with Gasteiger partial charge in [0, 0.05) is 25.4 Å². The van der Waals surface area contributed by atoms with Crippen molar-refractivity contribution in [1.82, 2.24) is 14.7 Å². The summed E-state index contributed by atoms with van der Waals surface area (Å²) in [7, 11) is 0. The molecule has 4 aromatic rings. The summed E-state index contributed by atoms with van der Waals surface area (Å²) < 4.78 is 15.2. The normalized spacial score (nSPS) is 17.8. The smallest absolute Gasteiger partial charge is 0.303 e. The third-order valence-corrected chi connectivity index (χ3v) is 8.14. The minimum Gasteiger partial charge on any atom is -0.481 e. The van der Waals surface area contributed by atoms with Crippen LogP contribution in [-0.4, -0.2) is 26.4 Å². The zero-order chi connectivity index (χ0) is 25.2. The molecule has 2 heterocycles. The molecule has 1 amide bonds. The lowest BCUT2D eigenvalue weighted by atomic mass is 9.77. The van der Waals surface area contributed by atoms with Crippen LogP contribution in [0.25, 0.3) is 15.4 Å². The number of hydrogen-bond acceptors (Lipinski definition) is 4. The fraction of sp³-hybridized carbons (Fsp3) is 0.296. The summed E-state index contributed by atoms with van der Waals surface area (Å²) in [4.78, 5) is 29.7. The van der Waals surface area contributed by atoms with E-state index in [4.69, 9.17) is 16.7 Å². The lowest BCUT2D eigenvalue weighted by Gasteiger charge is -2.28. The van der Waals surface area contributed by atoms with E-state index in [1.165, 1.54) is 29.0 Å². The van der Waals surface area contributed by atoms with Crippen molar-refractivity contribution in [3.05, 3.63) is 82.5 Å². The number of carboxylic acids is 1. The highest BCUT2D eigenvalue weighted by molar-refractivity contribution is 7.20. The SMILES string of the molecule is O=C(O)C[C@H]1CC[C@H](c2ccc(-c3cn4cc(C(=O)NCc5ccc(F)c(Cl)c5)nc4s3)cc2)CC1. The number of nitrogens with one attached hydrogen (secondary N) is 1. The molecule has 5 rings (SSSR count). The number of rotatable bonds is 7. The number of amides is 1. The van der Waals surface area contributed by atoms with Gasteiger partial charge in [-0.2, -0.15) is 0 Å². The number of hydrogen-bond donors (Lipinski definition) is 2. The Bertz CT molecular complexity index is 1380. The Morgan fingerprint density at radius 2 is 1.86 bits per heavy atom. The Labute approximate surface area is 216 Å². The fourth-order valence-electron chi connectivity index (χ4n) is 4.83. The molecule has 0 unspecified atom stereocenters. The zero-order valence-electron chi connectivity index (χ0n) is 19.4. The topological polar surface area (TPSA) is 83.7 Å². The van der Waals surface area contributed by atoms with E-state index in [9.17, 15) is 14.0 Å². The summed E-state index contributed by atoms with van der Waals surface area (Å²) in [5.74, 6) is -0.722. The Morgan fingerprint density at radius 3 is 2.53 bits per heavy atom. The van der Waals surface area contributed by atoms with Crippen molar-refractivity contribution in [2.75, 3.05) is 0 Å². The van der Waals surface area contributed by atoms with E-state index in [1.54, 1.807) is 12.3 Å². The quantitative estimate of drug-likeness (QED) is 0.287. The summed E-state index contributed by atoms with van der Waals surface area (Å²) in [5, 5.41) is 11.8. The number of aromatic nitrogens is 2. The number of halogens is 2. The summed E-state index contributed by atoms with van der Waals surface area (Å²) in [6.45, 7) is 0.225. The Kier molecular flexibility index (Phi) is 7.07. The average Bonchev–Trinajstić information content (AvgIpc) is 3.45. The molecule has 9 heteroatoms. The van der Waals surface area contributed by atoms with Gasteiger partial charge >= 0.3 is 5.97 Å². The molecule has 1 fully saturated rings. The number of benzene rings is 2. The summed E-state index contributed by atoms with van der Waals surface area (Å²) in [6.07, 6.45) is 7.94. The van der Waals surface area contributed by atoms with Gasteiger partial charge in [-0.15, -0.1) is 0 Å². The molecule has 0 bridgehead atoms. The Balaban J connectivity index is 1.21. The van der Waals surface area contributed by atoms with E-state index >= 15 is 0 Å². The first-order valence-corrected chi connectivity index (χ1v) is 13.1. The van der Waals surface area contributed by atoms with Crippen LogP contribution in [0.2, 0.25) is 5.02 Å². The van der Waals surface area contributed by atoms with Gasteiger partial charge in [-0.05, 0) is 66.3 Å². The van der Waals surface area contributed by atoms with Crippen LogP contribution in [0.5, 0.6) is 0 Å². The standard InChI is InChI=1S/C27H25ClFN3O3S/c28-21-11-17(3-10-22(21)29)13-30-26(35)23-14-32-15-24(36-27(32)31-23)20-8-6-19(7-9-20)18-4-1-16(2-5-18)12-25(33)34/h3,6-11,14-16,18H,1-2,4-5,12-13H2,(H,30,35)(H,33,34)/t16-,18-. The molecule has 6 nitrogen and oxygen atoms in total. The van der Waals surface area contributed by atoms with E-state index in [1.807, 2.05) is 10.6 Å². The molecule has 2 N–H and O–H groups in total. The van der Waals surface area contributed by atoms with Gasteiger partial charge < -0.3 is 10.4 Å². The minimum atomic E-state index is -0.701. The number of nitrogens with zero attached hydrogens (tertiary/aromatic N) is 2. The van der Waals surface area contributed by atoms with E-state index < -0.39 is 11.8 Å². The molecule has 0 spiro atoms. The number of carboxylic acid groups (broad SMARTS) is 1. The number of aliphatic carboxylic acids is 1. The average molecular weight is 526 g/mol. The predicted octanol–water partition coefficient (Wildman–Crippen LogP) is 6.53. The first-order valence-electron chi connectivity index (χ1n) is 11.9. The molecular weight excluding hydrogens is 501 g/mol. The van der Waals surface area contributed by atoms with Crippen molar-refractivity contribution >= 4 is 39.8 Å². The van der Waals surface area contributed by atoms with E-state index in [2.05, 4.69) is 34.6 Å². The lowest BCUT2D eigenvalue weighted by molar-refractivity contribution is -0.138. The highest BCUT2D eigenvalue weighted by Gasteiger charge is 2.24. The molecule has 1 saturated carbocycles. The van der Waals surface area contributed by atoms with Gasteiger partial charge in [0.25, 0.3) is 5.91 Å². The highest BCUT2D eigenvalue weighted by Crippen LogP contribution is 2.38. The number of carbonyl (C=O) groups excluding carboxylic acids is 1. The van der Waals surface area contributed by atoms with Crippen LogP contribution < -0.4 is 5.32 Å². The van der Waals surface area contributed by atoms with Crippen LogP contribution in [0.15, 0.2) is 54.9 Å². The van der Waals surface area contributed by atoms with E-state index in [0.717, 1.165) is 41.1 Å². The molecule has 2 aromatic heterocycles. The monoisotopic (exact) mass is 525 g/mol. The van der Waals surface area contributed by atoms with Crippen molar-refractivity contribution < 1.29 is 19.1 Å². The third-order valence-electron chi connectivity index (χ3n) is 6.80. The van der Waals surface area contributed by atoms with Crippen LogP contribution >= 0.6 is 22.9 Å². The number of imidazole rings is 1. The molecule has 0 saturated heterocycles. The van der Waals surface area contributed by atoms with Crippen LogP contribution in [0.4, 0.5) is 4.39 Å². The van der Waals surface area contributed by atoms with Gasteiger partial charge in [0.05, 0.1) is 9.90 Å². The second-order valence-electron chi connectivity index (χ2n) is 9.28. The maximum Gasteiger partial charge on any atom is 0.303 e. The lowest BCUT2D eigenvalue weighted by Crippen LogP contribution is -2.23. The Morgan fingerprint density at radius 1 is 1.11 bits per heavy atom. The maximum atomic E-state index is 13.3. The van der Waals surface area contributed by atoms with Crippen molar-refractivity contribution in [1.29, 1.82) is 0 Å². The predicted molar refractivity (Wildman–Crippen MR) is 138 cm³/mol. The van der Waals surface area contributed by atoms with Crippen molar-refractivity contribution in [2.24, 2.45) is 5.92 Å². The largest absolute Gasteiger partial charge is 0.481 e. The van der Waals surface area contributed by atoms with E-state index in [-0.39, 0.29) is 23.9 Å². The number of carbonyl (C=O) groups is 2.